The van der Waals surface area contributed by atoms with Crippen LogP contribution in [-0.4, -0.2) is 68.2 Å². The molecule has 0 saturated carbocycles. The van der Waals surface area contributed by atoms with Crippen molar-refractivity contribution < 1.29 is 38.9 Å². The standard InChI is InChI=1S/C26H33FN6O7/c1-26(2,3)24(40)33-25-31-20-16(22(37)32-25)8-13(11-29-20)10-28-12-15-5-4-14(9-17(15)27)21(36)30-18(23(38)39)6-7-19(34)35/h4-5,9,13,18,28H,6-8,10-12H2,1-3H3,(H,30,36)(H,34,35)(H,38,39)(H3,29,31,32,33,37,40). The Morgan fingerprint density at radius 3 is 2.52 bits per heavy atom. The Kier molecular flexibility index (Phi) is 9.58. The Morgan fingerprint density at radius 2 is 1.90 bits per heavy atom. The van der Waals surface area contributed by atoms with Crippen molar-refractivity contribution in [1.29, 1.82) is 0 Å². The molecule has 216 valence electrons. The summed E-state index contributed by atoms with van der Waals surface area (Å²) in [6.45, 7) is 6.36. The first-order valence-electron chi connectivity index (χ1n) is 12.6. The van der Waals surface area contributed by atoms with Crippen LogP contribution in [0.1, 0.15) is 55.1 Å². The lowest BCUT2D eigenvalue weighted by molar-refractivity contribution is -0.140. The van der Waals surface area contributed by atoms with Crippen LogP contribution in [0.4, 0.5) is 16.2 Å². The molecule has 2 unspecified atom stereocenters. The van der Waals surface area contributed by atoms with Gasteiger partial charge in [0, 0.05) is 42.6 Å². The average molecular weight is 561 g/mol. The fraction of sp³-hybridized carbons (Fsp3) is 0.462. The van der Waals surface area contributed by atoms with Crippen LogP contribution in [0.2, 0.25) is 0 Å². The van der Waals surface area contributed by atoms with Gasteiger partial charge in [0.05, 0.1) is 5.56 Å². The third-order valence-electron chi connectivity index (χ3n) is 6.26. The fourth-order valence-electron chi connectivity index (χ4n) is 3.91. The molecule has 1 aromatic heterocycles. The number of aromatic nitrogens is 2. The van der Waals surface area contributed by atoms with Gasteiger partial charge in [-0.25, -0.2) is 9.18 Å². The summed E-state index contributed by atoms with van der Waals surface area (Å²) >= 11 is 0. The number of hydrogen-bond acceptors (Lipinski definition) is 9. The van der Waals surface area contributed by atoms with Gasteiger partial charge in [-0.2, -0.15) is 9.97 Å². The molecular formula is C26H33FN6O7. The number of carboxylic acids is 2. The van der Waals surface area contributed by atoms with Crippen molar-refractivity contribution in [2.45, 2.75) is 52.6 Å². The van der Waals surface area contributed by atoms with Crippen LogP contribution >= 0.6 is 0 Å². The van der Waals surface area contributed by atoms with Gasteiger partial charge in [0.25, 0.3) is 5.91 Å². The number of hydrogen-bond donors (Lipinski definition) is 7. The smallest absolute Gasteiger partial charge is 0.326 e. The highest BCUT2D eigenvalue weighted by Crippen LogP contribution is 2.30. The van der Waals surface area contributed by atoms with E-state index >= 15 is 0 Å². The average Bonchev–Trinajstić information content (AvgIpc) is 2.86. The molecule has 0 aliphatic carbocycles. The van der Waals surface area contributed by atoms with Crippen LogP contribution in [0, 0.1) is 17.2 Å². The van der Waals surface area contributed by atoms with E-state index in [0.717, 1.165) is 6.07 Å². The van der Waals surface area contributed by atoms with E-state index in [-0.39, 0.29) is 47.7 Å². The first-order valence-corrected chi connectivity index (χ1v) is 12.6. The highest BCUT2D eigenvalue weighted by atomic mass is 19.1. The SMILES string of the molecule is CC(C)(C)C(=O)Nc1nc(O)c2c(n1)NCC(CNCc1ccc(C(=O)NC(CCC(=O)O)C(=O)O)cc1F)C2. The zero-order valence-corrected chi connectivity index (χ0v) is 22.4. The lowest BCUT2D eigenvalue weighted by atomic mass is 9.95. The number of fused-ring (bicyclic) bond motifs is 1. The molecule has 2 heterocycles. The quantitative estimate of drug-likeness (QED) is 0.211. The number of nitrogens with zero attached hydrogens (tertiary/aromatic N) is 2. The number of nitrogens with one attached hydrogen (secondary N) is 4. The number of carboxylic acid groups (broad SMARTS) is 2. The van der Waals surface area contributed by atoms with Gasteiger partial charge in [-0.3, -0.25) is 19.7 Å². The number of aromatic hydroxyl groups is 1. The molecule has 2 atom stereocenters. The normalized spacial score (nSPS) is 15.3. The second-order valence-corrected chi connectivity index (χ2v) is 10.6. The Balaban J connectivity index is 1.54. The van der Waals surface area contributed by atoms with Gasteiger partial charge in [-0.05, 0) is 30.9 Å². The molecule has 0 bridgehead atoms. The van der Waals surface area contributed by atoms with Gasteiger partial charge >= 0.3 is 11.9 Å². The summed E-state index contributed by atoms with van der Waals surface area (Å²) < 4.78 is 14.7. The van der Waals surface area contributed by atoms with E-state index in [1.165, 1.54) is 12.1 Å². The molecule has 0 radical (unpaired) electrons. The van der Waals surface area contributed by atoms with Gasteiger partial charge in [-0.1, -0.05) is 26.8 Å². The Morgan fingerprint density at radius 1 is 1.18 bits per heavy atom. The van der Waals surface area contributed by atoms with Gasteiger partial charge in [0.15, 0.2) is 0 Å². The van der Waals surface area contributed by atoms with E-state index in [0.29, 0.717) is 30.9 Å². The number of rotatable bonds is 11. The highest BCUT2D eigenvalue weighted by Gasteiger charge is 2.27. The third kappa shape index (κ3) is 8.09. The number of halogens is 1. The van der Waals surface area contributed by atoms with Crippen molar-refractivity contribution in [2.24, 2.45) is 11.3 Å². The summed E-state index contributed by atoms with van der Waals surface area (Å²) in [4.78, 5) is 54.8. The maximum atomic E-state index is 14.7. The lowest BCUT2D eigenvalue weighted by Gasteiger charge is -2.26. The topological polar surface area (TPSA) is 203 Å². The molecule has 14 heteroatoms. The fourth-order valence-corrected chi connectivity index (χ4v) is 3.91. The first-order chi connectivity index (χ1) is 18.7. The monoisotopic (exact) mass is 560 g/mol. The predicted octanol–water partition coefficient (Wildman–Crippen LogP) is 1.73. The van der Waals surface area contributed by atoms with Gasteiger partial charge < -0.3 is 31.3 Å². The molecular weight excluding hydrogens is 527 g/mol. The van der Waals surface area contributed by atoms with Crippen LogP contribution in [0.3, 0.4) is 0 Å². The molecule has 1 aliphatic heterocycles. The maximum Gasteiger partial charge on any atom is 0.326 e. The summed E-state index contributed by atoms with van der Waals surface area (Å²) in [6, 6.07) is 2.34. The summed E-state index contributed by atoms with van der Waals surface area (Å²) in [5, 5.41) is 39.4. The van der Waals surface area contributed by atoms with Crippen LogP contribution in [0.15, 0.2) is 18.2 Å². The molecule has 2 amide bonds. The Hall–Kier alpha value is -4.33. The number of carbonyl (C=O) groups excluding carboxylic acids is 2. The minimum atomic E-state index is -1.42. The number of aliphatic carboxylic acids is 2. The van der Waals surface area contributed by atoms with E-state index in [1.807, 2.05) is 0 Å². The zero-order chi connectivity index (χ0) is 29.6. The lowest BCUT2D eigenvalue weighted by Crippen LogP contribution is -2.41. The van der Waals surface area contributed by atoms with E-state index in [1.54, 1.807) is 20.8 Å². The molecule has 0 saturated heterocycles. The van der Waals surface area contributed by atoms with Crippen molar-refractivity contribution in [3.8, 4) is 5.88 Å². The van der Waals surface area contributed by atoms with Crippen molar-refractivity contribution >= 4 is 35.5 Å². The summed E-state index contributed by atoms with van der Waals surface area (Å²) in [7, 11) is 0. The predicted molar refractivity (Wildman–Crippen MR) is 141 cm³/mol. The molecule has 40 heavy (non-hydrogen) atoms. The van der Waals surface area contributed by atoms with Crippen molar-refractivity contribution in [3.05, 3.63) is 40.7 Å². The molecule has 7 N–H and O–H groups in total. The van der Waals surface area contributed by atoms with E-state index < -0.39 is 41.5 Å². The minimum absolute atomic E-state index is 0.00611. The molecule has 13 nitrogen and oxygen atoms in total. The molecule has 1 aromatic carbocycles. The maximum absolute atomic E-state index is 14.7. The molecule has 0 spiro atoms. The van der Waals surface area contributed by atoms with E-state index in [9.17, 15) is 33.8 Å². The highest BCUT2D eigenvalue weighted by molar-refractivity contribution is 5.96. The third-order valence-corrected chi connectivity index (χ3v) is 6.26. The molecule has 2 aromatic rings. The number of benzene rings is 1. The van der Waals surface area contributed by atoms with E-state index in [4.69, 9.17) is 5.11 Å². The van der Waals surface area contributed by atoms with Gasteiger partial charge in [0.1, 0.15) is 17.7 Å². The molecule has 1 aliphatic rings. The van der Waals surface area contributed by atoms with Gasteiger partial charge in [-0.15, -0.1) is 0 Å². The largest absolute Gasteiger partial charge is 0.493 e. The number of amides is 2. The van der Waals surface area contributed by atoms with Crippen LogP contribution < -0.4 is 21.3 Å². The van der Waals surface area contributed by atoms with Crippen molar-refractivity contribution in [3.63, 3.8) is 0 Å². The summed E-state index contributed by atoms with van der Waals surface area (Å²) in [5.41, 5.74) is 0.0468. The summed E-state index contributed by atoms with van der Waals surface area (Å²) in [5.74, 6) is -4.14. The zero-order valence-electron chi connectivity index (χ0n) is 22.4. The summed E-state index contributed by atoms with van der Waals surface area (Å²) in [6.07, 6.45) is -0.301. The van der Waals surface area contributed by atoms with Crippen LogP contribution in [0.5, 0.6) is 5.88 Å². The van der Waals surface area contributed by atoms with E-state index in [2.05, 4.69) is 31.2 Å². The van der Waals surface area contributed by atoms with Crippen LogP contribution in [0.25, 0.3) is 0 Å². The second-order valence-electron chi connectivity index (χ2n) is 10.6. The first kappa shape index (κ1) is 30.2. The minimum Gasteiger partial charge on any atom is -0.493 e. The molecule has 0 fully saturated rings. The number of carbonyl (C=O) groups is 4. The van der Waals surface area contributed by atoms with Crippen LogP contribution in [-0.2, 0) is 27.3 Å². The Labute approximate surface area is 229 Å². The second kappa shape index (κ2) is 12.7. The number of anilines is 2. The van der Waals surface area contributed by atoms with Gasteiger partial charge in [0.2, 0.25) is 17.7 Å². The Bertz CT molecular complexity index is 1300. The van der Waals surface area contributed by atoms with Crippen molar-refractivity contribution in [1.82, 2.24) is 20.6 Å². The van der Waals surface area contributed by atoms with Crippen molar-refractivity contribution in [2.75, 3.05) is 23.7 Å². The molecule has 3 rings (SSSR count).